The maximum absolute atomic E-state index is 5.37. The summed E-state index contributed by atoms with van der Waals surface area (Å²) in [6.07, 6.45) is 0. The third kappa shape index (κ3) is 1.98. The zero-order valence-corrected chi connectivity index (χ0v) is 5.73. The lowest BCUT2D eigenvalue weighted by Crippen LogP contribution is -2.29. The lowest BCUT2D eigenvalue weighted by atomic mass is 9.34. The van der Waals surface area contributed by atoms with Crippen LogP contribution in [-0.4, -0.2) is 23.5 Å². The molecule has 0 aliphatic heterocycles. The van der Waals surface area contributed by atoms with Crippen LogP contribution in [0.4, 0.5) is 0 Å². The minimum absolute atomic E-state index is 0.229. The fourth-order valence-corrected chi connectivity index (χ4v) is 0. The van der Waals surface area contributed by atoms with E-state index in [1.807, 2.05) is 20.8 Å². The fourth-order valence-electron chi connectivity index (χ4n) is 0. The summed E-state index contributed by atoms with van der Waals surface area (Å²) in [4.78, 5) is 0. The average Bonchev–Trinajstić information content (AvgIpc) is 1.25. The van der Waals surface area contributed by atoms with Gasteiger partial charge in [-0.3, -0.25) is 0 Å². The maximum Gasteiger partial charge on any atom is 0.0514 e. The van der Waals surface area contributed by atoms with E-state index in [-0.39, 0.29) is 5.41 Å². The molecule has 0 aromatic carbocycles. The highest BCUT2D eigenvalue weighted by molar-refractivity contribution is 6.59. The molecule has 6 radical (unpaired) electrons. The van der Waals surface area contributed by atoms with Crippen LogP contribution >= 0.6 is 0 Å². The van der Waals surface area contributed by atoms with Gasteiger partial charge < -0.3 is 0 Å². The van der Waals surface area contributed by atoms with Gasteiger partial charge in [0.1, 0.15) is 0 Å². The van der Waals surface area contributed by atoms with Crippen LogP contribution in [0.5, 0.6) is 0 Å². The molecule has 0 aliphatic carbocycles. The van der Waals surface area contributed by atoms with Gasteiger partial charge in [0.2, 0.25) is 0 Å². The molecule has 0 amide bonds. The van der Waals surface area contributed by atoms with E-state index in [0.717, 1.165) is 0 Å². The monoisotopic (exact) mass is 102 g/mol. The summed E-state index contributed by atoms with van der Waals surface area (Å²) >= 11 is 0. The van der Waals surface area contributed by atoms with Crippen LogP contribution in [0, 0.1) is 5.41 Å². The first-order valence-electron chi connectivity index (χ1n) is 2.62. The Hall–Kier alpha value is 0.195. The van der Waals surface area contributed by atoms with Crippen molar-refractivity contribution in [1.29, 1.82) is 0 Å². The van der Waals surface area contributed by atoms with E-state index in [9.17, 15) is 0 Å². The largest absolute Gasteiger partial charge is 0.126 e. The summed E-state index contributed by atoms with van der Waals surface area (Å²) in [6.45, 7) is 5.69. The number of hydrogen-bond donors (Lipinski definition) is 0. The van der Waals surface area contributed by atoms with Crippen molar-refractivity contribution in [2.75, 3.05) is 0 Å². The minimum Gasteiger partial charge on any atom is -0.126 e. The van der Waals surface area contributed by atoms with Crippen LogP contribution in [0.25, 0.3) is 0 Å². The summed E-state index contributed by atoms with van der Waals surface area (Å²) < 4.78 is 0. The molecule has 0 rings (SSSR count). The van der Waals surface area contributed by atoms with Gasteiger partial charge in [-0.2, -0.15) is 0 Å². The quantitative estimate of drug-likeness (QED) is 0.393. The van der Waals surface area contributed by atoms with Crippen molar-refractivity contribution in [2.45, 2.75) is 25.9 Å². The van der Waals surface area contributed by atoms with E-state index in [2.05, 4.69) is 0 Å². The second-order valence-electron chi connectivity index (χ2n) is 3.18. The highest BCUT2D eigenvalue weighted by Crippen LogP contribution is 2.34. The summed E-state index contributed by atoms with van der Waals surface area (Å²) in [7, 11) is 16.1. The lowest BCUT2D eigenvalue weighted by molar-refractivity contribution is 0.416. The minimum atomic E-state index is -1.06. The summed E-state index contributed by atoms with van der Waals surface area (Å²) in [5.74, 6) is 0. The van der Waals surface area contributed by atoms with Gasteiger partial charge in [-0.15, -0.1) is 5.11 Å². The van der Waals surface area contributed by atoms with Crippen LogP contribution in [0.2, 0.25) is 5.11 Å². The first-order chi connectivity index (χ1) is 3.25. The molecule has 0 heterocycles. The van der Waals surface area contributed by atoms with E-state index >= 15 is 0 Å². The maximum atomic E-state index is 5.37. The Kier molecular flexibility index (Phi) is 1.90. The summed E-state index contributed by atoms with van der Waals surface area (Å²) in [5.41, 5.74) is -0.229. The molecule has 0 aromatic heterocycles. The molecule has 0 N–H and O–H groups in total. The molecule has 0 atom stereocenters. The van der Waals surface area contributed by atoms with Crippen molar-refractivity contribution in [2.24, 2.45) is 5.41 Å². The Balaban J connectivity index is 4.02. The molecular weight excluding hydrogens is 92.5 g/mol. The van der Waals surface area contributed by atoms with Crippen LogP contribution < -0.4 is 0 Å². The fraction of sp³-hybridized carbons (Fsp3) is 1.00. The zero-order chi connectivity index (χ0) is 7.00. The highest BCUT2D eigenvalue weighted by Gasteiger charge is 2.25. The lowest BCUT2D eigenvalue weighted by Gasteiger charge is -2.36. The van der Waals surface area contributed by atoms with Crippen molar-refractivity contribution in [3.05, 3.63) is 0 Å². The first kappa shape index (κ1) is 8.19. The van der Waals surface area contributed by atoms with Gasteiger partial charge in [0.05, 0.1) is 23.5 Å². The first-order valence-corrected chi connectivity index (χ1v) is 2.62. The molecule has 3 heteroatoms. The Bertz CT molecular complexity index is 62.7. The Labute approximate surface area is 55.7 Å². The molecule has 0 saturated carbocycles. The van der Waals surface area contributed by atoms with Crippen LogP contribution in [-0.2, 0) is 0 Å². The smallest absolute Gasteiger partial charge is 0.0514 e. The van der Waals surface area contributed by atoms with Gasteiger partial charge in [-0.1, -0.05) is 26.2 Å². The standard InChI is InChI=1S/C5H9B3/c1-4(2,3)5(6,7)8/h1-3H3. The topological polar surface area (TPSA) is 0 Å². The van der Waals surface area contributed by atoms with Crippen molar-refractivity contribution < 1.29 is 0 Å². The van der Waals surface area contributed by atoms with Crippen molar-refractivity contribution in [3.8, 4) is 0 Å². The summed E-state index contributed by atoms with van der Waals surface area (Å²) in [5, 5.41) is -1.06. The molecule has 0 aromatic rings. The third-order valence-electron chi connectivity index (χ3n) is 1.30. The van der Waals surface area contributed by atoms with Gasteiger partial charge in [-0.25, -0.2) is 0 Å². The molecule has 0 fully saturated rings. The van der Waals surface area contributed by atoms with E-state index < -0.39 is 5.11 Å². The van der Waals surface area contributed by atoms with E-state index in [0.29, 0.717) is 0 Å². The van der Waals surface area contributed by atoms with Gasteiger partial charge in [0.15, 0.2) is 0 Å². The number of rotatable bonds is 0. The second-order valence-corrected chi connectivity index (χ2v) is 3.18. The molecule has 8 heavy (non-hydrogen) atoms. The van der Waals surface area contributed by atoms with E-state index in [4.69, 9.17) is 23.5 Å². The van der Waals surface area contributed by atoms with Gasteiger partial charge in [0, 0.05) is 0 Å². The Morgan fingerprint density at radius 3 is 1.00 bits per heavy atom. The molecular formula is C5H9B3. The van der Waals surface area contributed by atoms with Gasteiger partial charge in [0.25, 0.3) is 0 Å². The predicted molar refractivity (Wildman–Crippen MR) is 39.4 cm³/mol. The summed E-state index contributed by atoms with van der Waals surface area (Å²) in [6, 6.07) is 0. The second kappa shape index (κ2) is 1.86. The molecule has 0 aliphatic rings. The highest BCUT2D eigenvalue weighted by atomic mass is 14.2. The average molecular weight is 102 g/mol. The molecule has 0 spiro atoms. The van der Waals surface area contributed by atoms with Crippen LogP contribution in [0.1, 0.15) is 20.8 Å². The van der Waals surface area contributed by atoms with Crippen molar-refractivity contribution >= 4 is 23.5 Å². The van der Waals surface area contributed by atoms with E-state index in [1.165, 1.54) is 0 Å². The molecule has 38 valence electrons. The van der Waals surface area contributed by atoms with Crippen LogP contribution in [0.15, 0.2) is 0 Å². The SMILES string of the molecule is [B]C([B])([B])C(C)(C)C. The molecule has 0 bridgehead atoms. The van der Waals surface area contributed by atoms with Gasteiger partial charge >= 0.3 is 0 Å². The van der Waals surface area contributed by atoms with Crippen LogP contribution in [0.3, 0.4) is 0 Å². The van der Waals surface area contributed by atoms with E-state index in [1.54, 1.807) is 0 Å². The zero-order valence-electron chi connectivity index (χ0n) is 5.73. The predicted octanol–water partition coefficient (Wildman–Crippen LogP) is 0.612. The van der Waals surface area contributed by atoms with Gasteiger partial charge in [-0.05, 0) is 0 Å². The van der Waals surface area contributed by atoms with Crippen molar-refractivity contribution in [1.82, 2.24) is 0 Å². The van der Waals surface area contributed by atoms with Crippen molar-refractivity contribution in [3.63, 3.8) is 0 Å². The Morgan fingerprint density at radius 1 is 0.875 bits per heavy atom. The third-order valence-corrected chi connectivity index (χ3v) is 1.30. The Morgan fingerprint density at radius 2 is 1.00 bits per heavy atom. The number of hydrogen-bond acceptors (Lipinski definition) is 0. The normalized spacial score (nSPS) is 13.9. The molecule has 0 nitrogen and oxygen atoms in total. The molecule has 0 unspecified atom stereocenters. The molecule has 0 saturated heterocycles.